The lowest BCUT2D eigenvalue weighted by Gasteiger charge is -2.18. The molecule has 0 amide bonds. The minimum Gasteiger partial charge on any atom is -0.481 e. The smallest absolute Gasteiger partial charge is 0.313 e. The third kappa shape index (κ3) is 4.14. The van der Waals surface area contributed by atoms with E-state index in [0.29, 0.717) is 28.2 Å². The Hall–Kier alpha value is -1.61. The summed E-state index contributed by atoms with van der Waals surface area (Å²) in [6.07, 6.45) is 0.718. The van der Waals surface area contributed by atoms with E-state index >= 15 is 0 Å². The van der Waals surface area contributed by atoms with Gasteiger partial charge >= 0.3 is 5.97 Å². The molecule has 0 aliphatic carbocycles. The summed E-state index contributed by atoms with van der Waals surface area (Å²) in [5, 5.41) is 18.7. The minimum atomic E-state index is -0.890. The Balaban J connectivity index is 1.95. The summed E-state index contributed by atoms with van der Waals surface area (Å²) in [6.45, 7) is 4.25. The first-order valence-corrected chi connectivity index (χ1v) is 9.38. The van der Waals surface area contributed by atoms with Crippen LogP contribution in [-0.4, -0.2) is 43.7 Å². The molecule has 3 rings (SSSR count). The van der Waals surface area contributed by atoms with Crippen molar-refractivity contribution in [3.63, 3.8) is 0 Å². The number of hydrogen-bond acceptors (Lipinski definition) is 6. The van der Waals surface area contributed by atoms with Gasteiger partial charge in [-0.1, -0.05) is 29.4 Å². The number of aromatic nitrogens is 3. The van der Waals surface area contributed by atoms with Crippen molar-refractivity contribution in [3.05, 3.63) is 35.1 Å². The van der Waals surface area contributed by atoms with Crippen molar-refractivity contribution in [2.24, 2.45) is 5.92 Å². The third-order valence-corrected chi connectivity index (χ3v) is 5.48. The molecule has 25 heavy (non-hydrogen) atoms. The normalized spacial score (nSPS) is 23.1. The van der Waals surface area contributed by atoms with Gasteiger partial charge in [0.1, 0.15) is 5.82 Å². The van der Waals surface area contributed by atoms with E-state index in [1.165, 1.54) is 0 Å². The summed E-state index contributed by atoms with van der Waals surface area (Å²) in [6, 6.07) is 8.01. The minimum absolute atomic E-state index is 0.0714. The van der Waals surface area contributed by atoms with Crippen LogP contribution in [0.1, 0.15) is 19.7 Å². The van der Waals surface area contributed by atoms with Gasteiger partial charge in [0, 0.05) is 23.5 Å². The molecule has 1 aliphatic rings. The maximum atomic E-state index is 10.9. The average Bonchev–Trinajstić information content (AvgIpc) is 3.11. The first kappa shape index (κ1) is 18.2. The van der Waals surface area contributed by atoms with Crippen molar-refractivity contribution in [3.8, 4) is 5.69 Å². The van der Waals surface area contributed by atoms with Crippen LogP contribution in [0.5, 0.6) is 0 Å². The maximum Gasteiger partial charge on any atom is 0.313 e. The van der Waals surface area contributed by atoms with Crippen LogP contribution in [0, 0.1) is 5.92 Å². The van der Waals surface area contributed by atoms with E-state index in [-0.39, 0.29) is 5.75 Å². The first-order chi connectivity index (χ1) is 12.0. The highest BCUT2D eigenvalue weighted by Gasteiger charge is 2.32. The number of hydrogen-bond donors (Lipinski definition) is 3. The predicted octanol–water partition coefficient (Wildman–Crippen LogP) is 2.14. The van der Waals surface area contributed by atoms with Gasteiger partial charge in [0.15, 0.2) is 5.16 Å². The summed E-state index contributed by atoms with van der Waals surface area (Å²) < 4.78 is 1.90. The molecule has 2 unspecified atom stereocenters. The number of rotatable bonds is 6. The van der Waals surface area contributed by atoms with Crippen LogP contribution in [0.15, 0.2) is 29.4 Å². The molecule has 0 radical (unpaired) electrons. The summed E-state index contributed by atoms with van der Waals surface area (Å²) in [7, 11) is 0. The van der Waals surface area contributed by atoms with E-state index in [1.54, 1.807) is 6.07 Å². The molecule has 1 aromatic carbocycles. The number of nitrogens with one attached hydrogen (secondary N) is 2. The van der Waals surface area contributed by atoms with Gasteiger partial charge in [-0.25, -0.2) is 0 Å². The van der Waals surface area contributed by atoms with Crippen molar-refractivity contribution in [2.75, 3.05) is 5.75 Å². The number of benzene rings is 1. The second-order valence-electron chi connectivity index (χ2n) is 6.13. The van der Waals surface area contributed by atoms with Crippen molar-refractivity contribution >= 4 is 29.3 Å². The Morgan fingerprint density at radius 1 is 1.32 bits per heavy atom. The van der Waals surface area contributed by atoms with Gasteiger partial charge in [0.05, 0.1) is 11.4 Å². The van der Waals surface area contributed by atoms with Gasteiger partial charge in [-0.2, -0.15) is 0 Å². The fourth-order valence-corrected chi connectivity index (χ4v) is 3.88. The molecule has 1 fully saturated rings. The summed E-state index contributed by atoms with van der Waals surface area (Å²) in [5.41, 5.74) is 7.32. The lowest BCUT2D eigenvalue weighted by Crippen LogP contribution is -2.30. The Morgan fingerprint density at radius 2 is 2.04 bits per heavy atom. The molecular formula is C16H20ClN5O2S. The molecule has 1 saturated heterocycles. The quantitative estimate of drug-likeness (QED) is 0.660. The van der Waals surface area contributed by atoms with Crippen LogP contribution in [0.25, 0.3) is 5.69 Å². The van der Waals surface area contributed by atoms with Gasteiger partial charge < -0.3 is 5.11 Å². The topological polar surface area (TPSA) is 92.1 Å². The molecule has 7 nitrogen and oxygen atoms in total. The van der Waals surface area contributed by atoms with Crippen LogP contribution in [0.2, 0.25) is 5.02 Å². The molecule has 0 bridgehead atoms. The fraction of sp³-hybridized carbons (Fsp3) is 0.438. The van der Waals surface area contributed by atoms with Crippen LogP contribution >= 0.6 is 23.4 Å². The highest BCUT2D eigenvalue weighted by atomic mass is 35.5. The van der Waals surface area contributed by atoms with Gasteiger partial charge in [-0.3, -0.25) is 20.2 Å². The molecule has 1 aliphatic heterocycles. The van der Waals surface area contributed by atoms with Crippen LogP contribution in [-0.2, 0) is 11.2 Å². The van der Waals surface area contributed by atoms with Crippen molar-refractivity contribution in [1.29, 1.82) is 0 Å². The number of aliphatic carboxylic acids is 1. The summed E-state index contributed by atoms with van der Waals surface area (Å²) >= 11 is 7.29. The van der Waals surface area contributed by atoms with Gasteiger partial charge in [0.25, 0.3) is 0 Å². The van der Waals surface area contributed by atoms with E-state index in [0.717, 1.165) is 29.7 Å². The van der Waals surface area contributed by atoms with Gasteiger partial charge in [-0.15, -0.1) is 10.2 Å². The van der Waals surface area contributed by atoms with E-state index in [1.807, 2.05) is 22.8 Å². The standard InChI is InChI=1S/C16H20ClN5O2S/c1-9-13(10(2)19-18-9)7-14-20-21-16(25-8-15(23)24)22(14)12-5-3-4-11(17)6-12/h3-6,9-10,13,18-19H,7-8H2,1-2H3,(H,23,24). The lowest BCUT2D eigenvalue weighted by molar-refractivity contribution is -0.133. The molecule has 9 heteroatoms. The maximum absolute atomic E-state index is 10.9. The zero-order chi connectivity index (χ0) is 18.0. The van der Waals surface area contributed by atoms with E-state index < -0.39 is 5.97 Å². The Kier molecular flexibility index (Phi) is 5.63. The summed E-state index contributed by atoms with van der Waals surface area (Å²) in [4.78, 5) is 10.9. The molecule has 0 saturated carbocycles. The molecule has 1 aromatic heterocycles. The number of carboxylic acid groups (broad SMARTS) is 1. The van der Waals surface area contributed by atoms with Crippen LogP contribution in [0.3, 0.4) is 0 Å². The molecule has 2 aromatic rings. The predicted molar refractivity (Wildman–Crippen MR) is 97.1 cm³/mol. The Bertz CT molecular complexity index is 759. The number of thioether (sulfide) groups is 1. The zero-order valence-electron chi connectivity index (χ0n) is 13.9. The monoisotopic (exact) mass is 381 g/mol. The number of nitrogens with zero attached hydrogens (tertiary/aromatic N) is 3. The molecular weight excluding hydrogens is 362 g/mol. The largest absolute Gasteiger partial charge is 0.481 e. The second-order valence-corrected chi connectivity index (χ2v) is 7.51. The number of carbonyl (C=O) groups is 1. The van der Waals surface area contributed by atoms with E-state index in [2.05, 4.69) is 34.9 Å². The Labute approximate surface area is 155 Å². The molecule has 2 atom stereocenters. The van der Waals surface area contributed by atoms with Crippen molar-refractivity contribution in [2.45, 2.75) is 37.5 Å². The van der Waals surface area contributed by atoms with E-state index in [9.17, 15) is 4.79 Å². The van der Waals surface area contributed by atoms with Gasteiger partial charge in [0.2, 0.25) is 0 Å². The molecule has 3 N–H and O–H groups in total. The second kappa shape index (κ2) is 7.74. The van der Waals surface area contributed by atoms with Crippen LogP contribution < -0.4 is 10.9 Å². The zero-order valence-corrected chi connectivity index (χ0v) is 15.5. The lowest BCUT2D eigenvalue weighted by atomic mass is 9.93. The summed E-state index contributed by atoms with van der Waals surface area (Å²) in [5.74, 6) is 0.181. The number of hydrazine groups is 1. The average molecular weight is 382 g/mol. The third-order valence-electron chi connectivity index (χ3n) is 4.33. The molecule has 134 valence electrons. The van der Waals surface area contributed by atoms with Crippen LogP contribution in [0.4, 0.5) is 0 Å². The first-order valence-electron chi connectivity index (χ1n) is 8.01. The number of carboxylic acids is 1. The SMILES string of the molecule is CC1NNC(C)C1Cc1nnc(SCC(=O)O)n1-c1cccc(Cl)c1. The van der Waals surface area contributed by atoms with Crippen molar-refractivity contribution in [1.82, 2.24) is 25.6 Å². The van der Waals surface area contributed by atoms with Crippen molar-refractivity contribution < 1.29 is 9.90 Å². The highest BCUT2D eigenvalue weighted by molar-refractivity contribution is 7.99. The highest BCUT2D eigenvalue weighted by Crippen LogP contribution is 2.27. The Morgan fingerprint density at radius 3 is 2.68 bits per heavy atom. The molecule has 2 heterocycles. The molecule has 0 spiro atoms. The number of halogens is 1. The van der Waals surface area contributed by atoms with E-state index in [4.69, 9.17) is 16.7 Å². The fourth-order valence-electron chi connectivity index (χ4n) is 3.00. The van der Waals surface area contributed by atoms with Gasteiger partial charge in [-0.05, 0) is 38.0 Å².